The number of para-hydroxylation sites is 1. The molecule has 0 fully saturated rings. The number of nitro groups is 1. The fraction of sp³-hybridized carbons (Fsp3) is 0.118. The van der Waals surface area contributed by atoms with Crippen molar-refractivity contribution in [3.05, 3.63) is 82.2 Å². The van der Waals surface area contributed by atoms with E-state index < -0.39 is 10.8 Å². The van der Waals surface area contributed by atoms with Crippen molar-refractivity contribution in [2.45, 2.75) is 13.0 Å². The Kier molecular flexibility index (Phi) is 4.51. The number of hydrogen-bond donors (Lipinski definition) is 1. The number of nitro benzene ring substituents is 1. The van der Waals surface area contributed by atoms with Gasteiger partial charge in [-0.3, -0.25) is 14.9 Å². The van der Waals surface area contributed by atoms with Gasteiger partial charge < -0.3 is 5.32 Å². The van der Waals surface area contributed by atoms with Gasteiger partial charge in [0.15, 0.2) is 0 Å². The maximum absolute atomic E-state index is 12.4. The third-order valence-electron chi connectivity index (χ3n) is 3.77. The van der Waals surface area contributed by atoms with Crippen LogP contribution >= 0.6 is 0 Å². The summed E-state index contributed by atoms with van der Waals surface area (Å²) in [6.45, 7) is 1.82. The molecule has 1 atom stereocenters. The van der Waals surface area contributed by atoms with Crippen LogP contribution in [0.5, 0.6) is 0 Å². The molecule has 1 aromatic heterocycles. The Bertz CT molecular complexity index is 891. The van der Waals surface area contributed by atoms with Crippen LogP contribution in [-0.4, -0.2) is 25.8 Å². The first kappa shape index (κ1) is 16.3. The topological polar surface area (TPSA) is 103 Å². The quantitative estimate of drug-likeness (QED) is 0.569. The largest absolute Gasteiger partial charge is 0.345 e. The van der Waals surface area contributed by atoms with Crippen LogP contribution in [0.15, 0.2) is 60.9 Å². The van der Waals surface area contributed by atoms with Gasteiger partial charge in [0.1, 0.15) is 5.56 Å². The molecule has 2 aromatic carbocycles. The lowest BCUT2D eigenvalue weighted by atomic mass is 10.1. The van der Waals surface area contributed by atoms with Crippen LogP contribution in [0.25, 0.3) is 5.69 Å². The second kappa shape index (κ2) is 6.91. The number of aromatic nitrogens is 3. The molecule has 1 amide bonds. The van der Waals surface area contributed by atoms with Gasteiger partial charge in [0.2, 0.25) is 0 Å². The first-order valence-electron chi connectivity index (χ1n) is 7.57. The zero-order valence-corrected chi connectivity index (χ0v) is 13.4. The highest BCUT2D eigenvalue weighted by Gasteiger charge is 2.20. The second-order valence-electron chi connectivity index (χ2n) is 5.41. The summed E-state index contributed by atoms with van der Waals surface area (Å²) < 4.78 is 1.63. The van der Waals surface area contributed by atoms with E-state index >= 15 is 0 Å². The standard InChI is InChI=1S/C17H15N5O3/c1-12(13-6-8-14(9-7-13)21-11-10-18-20-21)19-17(23)15-4-2-3-5-16(15)22(24)25/h2-12H,1H3,(H,19,23)/t12-/m0/s1. The summed E-state index contributed by atoms with van der Waals surface area (Å²) in [7, 11) is 0. The van der Waals surface area contributed by atoms with E-state index in [0.29, 0.717) is 0 Å². The molecule has 3 aromatic rings. The molecule has 0 saturated carbocycles. The van der Waals surface area contributed by atoms with Crippen molar-refractivity contribution in [2.75, 3.05) is 0 Å². The van der Waals surface area contributed by atoms with E-state index in [9.17, 15) is 14.9 Å². The molecular weight excluding hydrogens is 322 g/mol. The Labute approximate surface area is 143 Å². The van der Waals surface area contributed by atoms with E-state index in [4.69, 9.17) is 0 Å². The SMILES string of the molecule is C[C@H](NC(=O)c1ccccc1[N+](=O)[O-])c1ccc(-n2ccnn2)cc1. The Balaban J connectivity index is 1.75. The molecule has 8 nitrogen and oxygen atoms in total. The van der Waals surface area contributed by atoms with E-state index in [-0.39, 0.29) is 17.3 Å². The molecule has 0 bridgehead atoms. The van der Waals surface area contributed by atoms with Crippen molar-refractivity contribution in [1.82, 2.24) is 20.3 Å². The number of nitrogens with zero attached hydrogens (tertiary/aromatic N) is 4. The summed E-state index contributed by atoms with van der Waals surface area (Å²) in [5.41, 5.74) is 1.54. The predicted molar refractivity (Wildman–Crippen MR) is 90.3 cm³/mol. The predicted octanol–water partition coefficient (Wildman–Crippen LogP) is 2.67. The lowest BCUT2D eigenvalue weighted by Gasteiger charge is -2.15. The van der Waals surface area contributed by atoms with Crippen molar-refractivity contribution in [3.63, 3.8) is 0 Å². The molecule has 0 aliphatic rings. The Morgan fingerprint density at radius 1 is 1.20 bits per heavy atom. The molecule has 0 unspecified atom stereocenters. The highest BCUT2D eigenvalue weighted by atomic mass is 16.6. The normalized spacial score (nSPS) is 11.7. The Hall–Kier alpha value is -3.55. The smallest absolute Gasteiger partial charge is 0.282 e. The van der Waals surface area contributed by atoms with E-state index in [1.165, 1.54) is 18.2 Å². The maximum Gasteiger partial charge on any atom is 0.282 e. The zero-order chi connectivity index (χ0) is 17.8. The van der Waals surface area contributed by atoms with Gasteiger partial charge in [-0.05, 0) is 30.7 Å². The van der Waals surface area contributed by atoms with Crippen molar-refractivity contribution in [2.24, 2.45) is 0 Å². The van der Waals surface area contributed by atoms with Crippen LogP contribution in [-0.2, 0) is 0 Å². The molecule has 0 aliphatic heterocycles. The Morgan fingerprint density at radius 2 is 1.92 bits per heavy atom. The minimum atomic E-state index is -0.563. The fourth-order valence-electron chi connectivity index (χ4n) is 2.44. The van der Waals surface area contributed by atoms with E-state index in [2.05, 4.69) is 15.6 Å². The van der Waals surface area contributed by atoms with E-state index in [1.807, 2.05) is 31.2 Å². The van der Waals surface area contributed by atoms with Gasteiger partial charge in [-0.1, -0.05) is 29.5 Å². The summed E-state index contributed by atoms with van der Waals surface area (Å²) in [6, 6.07) is 13.0. The minimum absolute atomic E-state index is 0.0404. The first-order chi connectivity index (χ1) is 12.1. The summed E-state index contributed by atoms with van der Waals surface area (Å²) >= 11 is 0. The average molecular weight is 337 g/mol. The molecule has 1 heterocycles. The molecule has 8 heteroatoms. The van der Waals surface area contributed by atoms with Crippen LogP contribution in [0.4, 0.5) is 5.69 Å². The fourth-order valence-corrected chi connectivity index (χ4v) is 2.44. The van der Waals surface area contributed by atoms with Gasteiger partial charge >= 0.3 is 0 Å². The molecule has 3 rings (SSSR count). The number of carbonyl (C=O) groups is 1. The van der Waals surface area contributed by atoms with Crippen LogP contribution in [0, 0.1) is 10.1 Å². The number of nitrogens with one attached hydrogen (secondary N) is 1. The summed E-state index contributed by atoms with van der Waals surface area (Å²) in [5.74, 6) is -0.486. The molecule has 0 radical (unpaired) electrons. The Morgan fingerprint density at radius 3 is 2.56 bits per heavy atom. The number of amides is 1. The van der Waals surface area contributed by atoms with Gasteiger partial charge in [-0.25, -0.2) is 4.68 Å². The first-order valence-corrected chi connectivity index (χ1v) is 7.57. The van der Waals surface area contributed by atoms with Gasteiger partial charge in [0.05, 0.1) is 29.0 Å². The summed E-state index contributed by atoms with van der Waals surface area (Å²) in [6.07, 6.45) is 3.32. The molecular formula is C17H15N5O3. The zero-order valence-electron chi connectivity index (χ0n) is 13.4. The number of carbonyl (C=O) groups excluding carboxylic acids is 1. The van der Waals surface area contributed by atoms with Crippen molar-refractivity contribution >= 4 is 11.6 Å². The van der Waals surface area contributed by atoms with Gasteiger partial charge in [-0.15, -0.1) is 5.10 Å². The minimum Gasteiger partial charge on any atom is -0.345 e. The lowest BCUT2D eigenvalue weighted by Crippen LogP contribution is -2.27. The van der Waals surface area contributed by atoms with E-state index in [1.54, 1.807) is 23.1 Å². The molecule has 126 valence electrons. The monoisotopic (exact) mass is 337 g/mol. The van der Waals surface area contributed by atoms with Crippen molar-refractivity contribution < 1.29 is 9.72 Å². The number of benzene rings is 2. The van der Waals surface area contributed by atoms with Crippen LogP contribution < -0.4 is 5.32 Å². The van der Waals surface area contributed by atoms with Crippen molar-refractivity contribution in [1.29, 1.82) is 0 Å². The third-order valence-corrected chi connectivity index (χ3v) is 3.77. The van der Waals surface area contributed by atoms with Crippen LogP contribution in [0.2, 0.25) is 0 Å². The van der Waals surface area contributed by atoms with Gasteiger partial charge in [-0.2, -0.15) is 0 Å². The second-order valence-corrected chi connectivity index (χ2v) is 5.41. The van der Waals surface area contributed by atoms with Gasteiger partial charge in [0.25, 0.3) is 11.6 Å². The lowest BCUT2D eigenvalue weighted by molar-refractivity contribution is -0.385. The van der Waals surface area contributed by atoms with Gasteiger partial charge in [0, 0.05) is 6.07 Å². The molecule has 0 spiro atoms. The van der Waals surface area contributed by atoms with Crippen LogP contribution in [0.1, 0.15) is 28.9 Å². The number of rotatable bonds is 5. The molecule has 1 N–H and O–H groups in total. The summed E-state index contributed by atoms with van der Waals surface area (Å²) in [4.78, 5) is 22.9. The van der Waals surface area contributed by atoms with Crippen molar-refractivity contribution in [3.8, 4) is 5.69 Å². The molecule has 0 saturated heterocycles. The summed E-state index contributed by atoms with van der Waals surface area (Å²) in [5, 5.41) is 21.5. The molecule has 0 aliphatic carbocycles. The highest BCUT2D eigenvalue weighted by molar-refractivity contribution is 5.98. The maximum atomic E-state index is 12.4. The molecule has 25 heavy (non-hydrogen) atoms. The third kappa shape index (κ3) is 3.52. The van der Waals surface area contributed by atoms with E-state index in [0.717, 1.165) is 11.3 Å². The highest BCUT2D eigenvalue weighted by Crippen LogP contribution is 2.20. The van der Waals surface area contributed by atoms with Crippen LogP contribution in [0.3, 0.4) is 0 Å². The number of hydrogen-bond acceptors (Lipinski definition) is 5. The average Bonchev–Trinajstić information content (AvgIpc) is 3.16.